The van der Waals surface area contributed by atoms with E-state index < -0.39 is 0 Å². The molecule has 1 fully saturated rings. The molecule has 1 aliphatic carbocycles. The molecule has 1 N–H and O–H groups in total. The fourth-order valence-corrected chi connectivity index (χ4v) is 2.57. The van der Waals surface area contributed by atoms with Crippen LogP contribution in [0.15, 0.2) is 4.52 Å². The van der Waals surface area contributed by atoms with Gasteiger partial charge in [0.05, 0.1) is 17.8 Å². The van der Waals surface area contributed by atoms with Crippen molar-refractivity contribution >= 4 is 11.8 Å². The zero-order valence-corrected chi connectivity index (χ0v) is 10.4. The number of aliphatic hydroxyl groups excluding tert-OH is 1. The highest BCUT2D eigenvalue weighted by molar-refractivity contribution is 7.98. The monoisotopic (exact) mass is 242 g/mol. The minimum atomic E-state index is -0.305. The number of thioether (sulfide) groups is 1. The molecule has 5 heteroatoms. The molecule has 0 radical (unpaired) electrons. The average molecular weight is 242 g/mol. The van der Waals surface area contributed by atoms with Gasteiger partial charge in [-0.3, -0.25) is 0 Å². The lowest BCUT2D eigenvalue weighted by molar-refractivity contribution is 0.0908. The minimum absolute atomic E-state index is 0.0571. The molecule has 0 saturated heterocycles. The Hall–Kier alpha value is -0.550. The maximum atomic E-state index is 9.87. The van der Waals surface area contributed by atoms with Crippen molar-refractivity contribution in [2.75, 3.05) is 5.75 Å². The normalized spacial score (nSPS) is 25.9. The highest BCUT2D eigenvalue weighted by Crippen LogP contribution is 2.32. The third-order valence-corrected chi connectivity index (χ3v) is 3.84. The van der Waals surface area contributed by atoms with Crippen LogP contribution in [-0.2, 0) is 5.75 Å². The predicted molar refractivity (Wildman–Crippen MR) is 63.3 cm³/mol. The van der Waals surface area contributed by atoms with E-state index in [0.29, 0.717) is 5.89 Å². The zero-order valence-electron chi connectivity index (χ0n) is 9.56. The SMILES string of the molecule is CCSCc1noc(C2CCCCC2O)n1. The van der Waals surface area contributed by atoms with Crippen LogP contribution in [0.2, 0.25) is 0 Å². The van der Waals surface area contributed by atoms with Crippen molar-refractivity contribution in [3.8, 4) is 0 Å². The van der Waals surface area contributed by atoms with Gasteiger partial charge in [-0.15, -0.1) is 0 Å². The fraction of sp³-hybridized carbons (Fsp3) is 0.818. The summed E-state index contributed by atoms with van der Waals surface area (Å²) >= 11 is 1.77. The van der Waals surface area contributed by atoms with Crippen molar-refractivity contribution in [3.63, 3.8) is 0 Å². The first-order chi connectivity index (χ1) is 7.81. The first-order valence-electron chi connectivity index (χ1n) is 5.89. The van der Waals surface area contributed by atoms with E-state index in [1.807, 2.05) is 0 Å². The van der Waals surface area contributed by atoms with Crippen molar-refractivity contribution < 1.29 is 9.63 Å². The van der Waals surface area contributed by atoms with Crippen LogP contribution in [0.1, 0.15) is 50.2 Å². The summed E-state index contributed by atoms with van der Waals surface area (Å²) in [6.07, 6.45) is 3.75. The lowest BCUT2D eigenvalue weighted by atomic mass is 9.86. The van der Waals surface area contributed by atoms with E-state index in [0.717, 1.165) is 43.0 Å². The molecule has 2 rings (SSSR count). The molecular weight excluding hydrogens is 224 g/mol. The molecule has 4 nitrogen and oxygen atoms in total. The van der Waals surface area contributed by atoms with Gasteiger partial charge in [-0.05, 0) is 18.6 Å². The second-order valence-electron chi connectivity index (χ2n) is 4.14. The molecule has 16 heavy (non-hydrogen) atoms. The van der Waals surface area contributed by atoms with Crippen LogP contribution in [0.4, 0.5) is 0 Å². The van der Waals surface area contributed by atoms with Crippen molar-refractivity contribution in [3.05, 3.63) is 11.7 Å². The molecular formula is C11H18N2O2S. The third kappa shape index (κ3) is 2.77. The summed E-state index contributed by atoms with van der Waals surface area (Å²) in [5.41, 5.74) is 0. The van der Waals surface area contributed by atoms with E-state index in [1.165, 1.54) is 0 Å². The van der Waals surface area contributed by atoms with E-state index in [2.05, 4.69) is 17.1 Å². The lowest BCUT2D eigenvalue weighted by Crippen LogP contribution is -2.22. The quantitative estimate of drug-likeness (QED) is 0.878. The van der Waals surface area contributed by atoms with Gasteiger partial charge in [0, 0.05) is 0 Å². The van der Waals surface area contributed by atoms with E-state index in [4.69, 9.17) is 4.52 Å². The van der Waals surface area contributed by atoms with Crippen LogP contribution < -0.4 is 0 Å². The van der Waals surface area contributed by atoms with Gasteiger partial charge in [-0.1, -0.05) is 24.9 Å². The summed E-state index contributed by atoms with van der Waals surface area (Å²) in [5.74, 6) is 3.28. The van der Waals surface area contributed by atoms with E-state index in [1.54, 1.807) is 11.8 Å². The van der Waals surface area contributed by atoms with Crippen molar-refractivity contribution in [1.82, 2.24) is 10.1 Å². The molecule has 2 unspecified atom stereocenters. The second kappa shape index (κ2) is 5.68. The number of aliphatic hydroxyl groups is 1. The molecule has 1 aromatic heterocycles. The summed E-state index contributed by atoms with van der Waals surface area (Å²) in [4.78, 5) is 4.36. The van der Waals surface area contributed by atoms with E-state index in [9.17, 15) is 5.11 Å². The molecule has 0 spiro atoms. The molecule has 0 amide bonds. The standard InChI is InChI=1S/C11H18N2O2S/c1-2-16-7-10-12-11(15-13-10)8-5-3-4-6-9(8)14/h8-9,14H,2-7H2,1H3. The van der Waals surface area contributed by atoms with Gasteiger partial charge in [0.25, 0.3) is 0 Å². The zero-order chi connectivity index (χ0) is 11.4. The van der Waals surface area contributed by atoms with Gasteiger partial charge in [0.2, 0.25) is 5.89 Å². The summed E-state index contributed by atoms with van der Waals surface area (Å²) < 4.78 is 5.24. The van der Waals surface area contributed by atoms with Crippen molar-refractivity contribution in [2.24, 2.45) is 0 Å². The third-order valence-electron chi connectivity index (χ3n) is 2.97. The maximum Gasteiger partial charge on any atom is 0.232 e. The van der Waals surface area contributed by atoms with Crippen LogP contribution in [-0.4, -0.2) is 27.1 Å². The van der Waals surface area contributed by atoms with Gasteiger partial charge in [0.15, 0.2) is 5.82 Å². The largest absolute Gasteiger partial charge is 0.392 e. The van der Waals surface area contributed by atoms with Crippen molar-refractivity contribution in [1.29, 1.82) is 0 Å². The minimum Gasteiger partial charge on any atom is -0.392 e. The van der Waals surface area contributed by atoms with Crippen LogP contribution in [0.25, 0.3) is 0 Å². The summed E-state index contributed by atoms with van der Waals surface area (Å²) in [6, 6.07) is 0. The smallest absolute Gasteiger partial charge is 0.232 e. The number of aromatic nitrogens is 2. The first kappa shape index (κ1) is 11.9. The van der Waals surface area contributed by atoms with Gasteiger partial charge in [0.1, 0.15) is 0 Å². The second-order valence-corrected chi connectivity index (χ2v) is 5.42. The topological polar surface area (TPSA) is 59.2 Å². The number of nitrogens with zero attached hydrogens (tertiary/aromatic N) is 2. The Labute approximate surface area is 99.8 Å². The number of hydrogen-bond acceptors (Lipinski definition) is 5. The Kier molecular flexibility index (Phi) is 4.23. The first-order valence-corrected chi connectivity index (χ1v) is 7.05. The van der Waals surface area contributed by atoms with Crippen LogP contribution in [0.5, 0.6) is 0 Å². The van der Waals surface area contributed by atoms with Gasteiger partial charge >= 0.3 is 0 Å². The molecule has 0 bridgehead atoms. The highest BCUT2D eigenvalue weighted by atomic mass is 32.2. The maximum absolute atomic E-state index is 9.87. The molecule has 90 valence electrons. The van der Waals surface area contributed by atoms with Crippen LogP contribution in [0.3, 0.4) is 0 Å². The van der Waals surface area contributed by atoms with E-state index in [-0.39, 0.29) is 12.0 Å². The lowest BCUT2D eigenvalue weighted by Gasteiger charge is -2.24. The molecule has 1 heterocycles. The number of hydrogen-bond donors (Lipinski definition) is 1. The molecule has 1 aliphatic rings. The summed E-state index contributed by atoms with van der Waals surface area (Å²) in [5, 5.41) is 13.8. The highest BCUT2D eigenvalue weighted by Gasteiger charge is 2.29. The van der Waals surface area contributed by atoms with Gasteiger partial charge < -0.3 is 9.63 Å². The Bertz CT molecular complexity index is 330. The Morgan fingerprint density at radius 1 is 1.44 bits per heavy atom. The predicted octanol–water partition coefficient (Wildman–Crippen LogP) is 2.34. The van der Waals surface area contributed by atoms with Crippen molar-refractivity contribution in [2.45, 2.75) is 50.4 Å². The van der Waals surface area contributed by atoms with Crippen LogP contribution in [0, 0.1) is 0 Å². The molecule has 2 atom stereocenters. The average Bonchev–Trinajstić information content (AvgIpc) is 2.75. The summed E-state index contributed by atoms with van der Waals surface area (Å²) in [7, 11) is 0. The fourth-order valence-electron chi connectivity index (χ4n) is 2.07. The molecule has 1 saturated carbocycles. The number of rotatable bonds is 4. The molecule has 0 aliphatic heterocycles. The van der Waals surface area contributed by atoms with Crippen LogP contribution >= 0.6 is 11.8 Å². The Balaban J connectivity index is 1.99. The summed E-state index contributed by atoms with van der Waals surface area (Å²) in [6.45, 7) is 2.11. The molecule has 1 aromatic rings. The molecule has 0 aromatic carbocycles. The van der Waals surface area contributed by atoms with E-state index >= 15 is 0 Å². The van der Waals surface area contributed by atoms with Gasteiger partial charge in [-0.2, -0.15) is 16.7 Å². The Morgan fingerprint density at radius 2 is 2.25 bits per heavy atom. The Morgan fingerprint density at radius 3 is 3.00 bits per heavy atom. The van der Waals surface area contributed by atoms with Gasteiger partial charge in [-0.25, -0.2) is 0 Å².